The summed E-state index contributed by atoms with van der Waals surface area (Å²) in [6.45, 7) is 0. The fourth-order valence-electron chi connectivity index (χ4n) is 2.57. The van der Waals surface area contributed by atoms with E-state index in [1.807, 2.05) is 11.3 Å². The van der Waals surface area contributed by atoms with Gasteiger partial charge in [-0.2, -0.15) is 11.8 Å². The van der Waals surface area contributed by atoms with Crippen LogP contribution in [-0.4, -0.2) is 29.6 Å². The zero-order valence-corrected chi connectivity index (χ0v) is 11.8. The SMILES string of the molecule is CN(c1nc2c(s1)C(N)CCC2)C1CCSC1. The predicted octanol–water partition coefficient (Wildman–Crippen LogP) is 2.42. The summed E-state index contributed by atoms with van der Waals surface area (Å²) in [5.74, 6) is 2.53. The van der Waals surface area contributed by atoms with Gasteiger partial charge in [-0.25, -0.2) is 4.98 Å². The van der Waals surface area contributed by atoms with E-state index in [2.05, 4.69) is 23.7 Å². The van der Waals surface area contributed by atoms with E-state index < -0.39 is 0 Å². The highest BCUT2D eigenvalue weighted by Gasteiger charge is 2.26. The Labute approximate surface area is 111 Å². The minimum absolute atomic E-state index is 0.233. The molecule has 17 heavy (non-hydrogen) atoms. The van der Waals surface area contributed by atoms with Crippen molar-refractivity contribution in [1.82, 2.24) is 4.98 Å². The van der Waals surface area contributed by atoms with Crippen LogP contribution >= 0.6 is 23.1 Å². The molecule has 1 fully saturated rings. The lowest BCUT2D eigenvalue weighted by molar-refractivity contribution is 0.573. The van der Waals surface area contributed by atoms with Gasteiger partial charge in [0.1, 0.15) is 0 Å². The zero-order valence-electron chi connectivity index (χ0n) is 10.2. The van der Waals surface area contributed by atoms with Gasteiger partial charge in [-0.15, -0.1) is 0 Å². The molecule has 1 saturated heterocycles. The summed E-state index contributed by atoms with van der Waals surface area (Å²) in [6, 6.07) is 0.903. The molecule has 1 aliphatic carbocycles. The average Bonchev–Trinajstić information content (AvgIpc) is 2.98. The predicted molar refractivity (Wildman–Crippen MR) is 76.1 cm³/mol. The Morgan fingerprint density at radius 2 is 2.29 bits per heavy atom. The van der Waals surface area contributed by atoms with Gasteiger partial charge in [0.15, 0.2) is 5.13 Å². The van der Waals surface area contributed by atoms with E-state index in [1.54, 1.807) is 0 Å². The normalized spacial score (nSPS) is 28.1. The van der Waals surface area contributed by atoms with E-state index in [4.69, 9.17) is 10.7 Å². The molecular weight excluding hydrogens is 250 g/mol. The van der Waals surface area contributed by atoms with E-state index in [0.29, 0.717) is 6.04 Å². The number of aryl methyl sites for hydroxylation is 1. The summed E-state index contributed by atoms with van der Waals surface area (Å²) in [6.07, 6.45) is 4.72. The molecule has 1 aromatic heterocycles. The molecule has 2 atom stereocenters. The molecule has 3 nitrogen and oxygen atoms in total. The Balaban J connectivity index is 1.83. The van der Waals surface area contributed by atoms with E-state index in [-0.39, 0.29) is 6.04 Å². The molecule has 2 aliphatic rings. The van der Waals surface area contributed by atoms with Crippen LogP contribution in [0.2, 0.25) is 0 Å². The zero-order chi connectivity index (χ0) is 11.8. The minimum Gasteiger partial charge on any atom is -0.347 e. The monoisotopic (exact) mass is 269 g/mol. The number of fused-ring (bicyclic) bond motifs is 1. The third-order valence-electron chi connectivity index (χ3n) is 3.74. The number of thioether (sulfide) groups is 1. The second-order valence-electron chi connectivity index (χ2n) is 4.93. The highest BCUT2D eigenvalue weighted by atomic mass is 32.2. The minimum atomic E-state index is 0.233. The molecule has 0 radical (unpaired) electrons. The van der Waals surface area contributed by atoms with Crippen molar-refractivity contribution in [1.29, 1.82) is 0 Å². The Morgan fingerprint density at radius 1 is 1.41 bits per heavy atom. The van der Waals surface area contributed by atoms with Crippen molar-refractivity contribution < 1.29 is 0 Å². The van der Waals surface area contributed by atoms with Gasteiger partial charge < -0.3 is 10.6 Å². The molecule has 0 amide bonds. The van der Waals surface area contributed by atoms with Crippen molar-refractivity contribution in [2.24, 2.45) is 5.73 Å². The third kappa shape index (κ3) is 2.20. The van der Waals surface area contributed by atoms with E-state index in [0.717, 1.165) is 12.8 Å². The van der Waals surface area contributed by atoms with Crippen LogP contribution in [0.3, 0.4) is 0 Å². The van der Waals surface area contributed by atoms with Crippen LogP contribution in [0.1, 0.15) is 35.9 Å². The van der Waals surface area contributed by atoms with Crippen molar-refractivity contribution in [2.75, 3.05) is 23.5 Å². The molecule has 2 N–H and O–H groups in total. The topological polar surface area (TPSA) is 42.2 Å². The first-order chi connectivity index (χ1) is 8.25. The van der Waals surface area contributed by atoms with Gasteiger partial charge in [-0.3, -0.25) is 0 Å². The van der Waals surface area contributed by atoms with Gasteiger partial charge >= 0.3 is 0 Å². The average molecular weight is 269 g/mol. The summed E-state index contributed by atoms with van der Waals surface area (Å²) < 4.78 is 0. The molecule has 0 aromatic carbocycles. The largest absolute Gasteiger partial charge is 0.347 e. The molecular formula is C12H19N3S2. The highest BCUT2D eigenvalue weighted by molar-refractivity contribution is 7.99. The lowest BCUT2D eigenvalue weighted by Gasteiger charge is -2.22. The standard InChI is InChI=1S/C12H19N3S2/c1-15(8-5-6-16-7-8)12-14-10-4-2-3-9(13)11(10)17-12/h8-9H,2-7,13H2,1H3. The number of anilines is 1. The van der Waals surface area contributed by atoms with Crippen molar-refractivity contribution in [3.8, 4) is 0 Å². The molecule has 5 heteroatoms. The summed E-state index contributed by atoms with van der Waals surface area (Å²) in [5, 5.41) is 1.18. The van der Waals surface area contributed by atoms with Crippen LogP contribution in [0.25, 0.3) is 0 Å². The molecule has 0 saturated carbocycles. The summed E-state index contributed by atoms with van der Waals surface area (Å²) in [7, 11) is 2.19. The number of aromatic nitrogens is 1. The molecule has 2 unspecified atom stereocenters. The van der Waals surface area contributed by atoms with E-state index in [1.165, 1.54) is 40.0 Å². The van der Waals surface area contributed by atoms with Gasteiger partial charge in [0.25, 0.3) is 0 Å². The van der Waals surface area contributed by atoms with Gasteiger partial charge in [-0.05, 0) is 31.4 Å². The van der Waals surface area contributed by atoms with Gasteiger partial charge in [0.05, 0.1) is 5.69 Å². The number of nitrogens with two attached hydrogens (primary N) is 1. The van der Waals surface area contributed by atoms with Crippen LogP contribution in [0.4, 0.5) is 5.13 Å². The number of rotatable bonds is 2. The van der Waals surface area contributed by atoms with Crippen molar-refractivity contribution >= 4 is 28.2 Å². The third-order valence-corrected chi connectivity index (χ3v) is 6.20. The van der Waals surface area contributed by atoms with Crippen LogP contribution in [0.5, 0.6) is 0 Å². The summed E-state index contributed by atoms with van der Waals surface area (Å²) >= 11 is 3.87. The fraction of sp³-hybridized carbons (Fsp3) is 0.750. The Morgan fingerprint density at radius 3 is 3.00 bits per heavy atom. The highest BCUT2D eigenvalue weighted by Crippen LogP contribution is 2.37. The van der Waals surface area contributed by atoms with Crippen LogP contribution in [0, 0.1) is 0 Å². The van der Waals surface area contributed by atoms with E-state index >= 15 is 0 Å². The number of hydrogen-bond donors (Lipinski definition) is 1. The van der Waals surface area contributed by atoms with Crippen LogP contribution in [0.15, 0.2) is 0 Å². The Bertz CT molecular complexity index is 398. The molecule has 3 rings (SSSR count). The van der Waals surface area contributed by atoms with Crippen molar-refractivity contribution in [2.45, 2.75) is 37.8 Å². The quantitative estimate of drug-likeness (QED) is 0.895. The molecule has 1 aliphatic heterocycles. The maximum atomic E-state index is 6.16. The lowest BCUT2D eigenvalue weighted by Crippen LogP contribution is -2.31. The maximum Gasteiger partial charge on any atom is 0.185 e. The summed E-state index contributed by atoms with van der Waals surface area (Å²) in [4.78, 5) is 8.51. The first-order valence-electron chi connectivity index (χ1n) is 6.31. The number of hydrogen-bond acceptors (Lipinski definition) is 5. The number of thiazole rings is 1. The van der Waals surface area contributed by atoms with Gasteiger partial charge in [0, 0.05) is 29.8 Å². The molecule has 1 aromatic rings. The molecule has 94 valence electrons. The Hall–Kier alpha value is -0.260. The van der Waals surface area contributed by atoms with Crippen LogP contribution < -0.4 is 10.6 Å². The van der Waals surface area contributed by atoms with Crippen molar-refractivity contribution in [3.05, 3.63) is 10.6 Å². The second-order valence-corrected chi connectivity index (χ2v) is 7.09. The van der Waals surface area contributed by atoms with Crippen molar-refractivity contribution in [3.63, 3.8) is 0 Å². The fourth-order valence-corrected chi connectivity index (χ4v) is 5.02. The Kier molecular flexibility index (Phi) is 3.32. The first kappa shape index (κ1) is 11.8. The summed E-state index contributed by atoms with van der Waals surface area (Å²) in [5.41, 5.74) is 7.43. The van der Waals surface area contributed by atoms with Gasteiger partial charge in [-0.1, -0.05) is 11.3 Å². The first-order valence-corrected chi connectivity index (χ1v) is 8.28. The smallest absolute Gasteiger partial charge is 0.185 e. The lowest BCUT2D eigenvalue weighted by atomic mass is 9.99. The molecule has 0 spiro atoms. The molecule has 0 bridgehead atoms. The second kappa shape index (κ2) is 4.78. The molecule has 2 heterocycles. The van der Waals surface area contributed by atoms with Gasteiger partial charge in [0.2, 0.25) is 0 Å². The van der Waals surface area contributed by atoms with Crippen LogP contribution in [-0.2, 0) is 6.42 Å². The number of nitrogens with zero attached hydrogens (tertiary/aromatic N) is 2. The maximum absolute atomic E-state index is 6.16. The van der Waals surface area contributed by atoms with E-state index in [9.17, 15) is 0 Å².